The van der Waals surface area contributed by atoms with Gasteiger partial charge in [-0.15, -0.1) is 0 Å². The zero-order valence-corrected chi connectivity index (χ0v) is 12.4. The van der Waals surface area contributed by atoms with Crippen LogP contribution < -0.4 is 10.6 Å². The summed E-state index contributed by atoms with van der Waals surface area (Å²) in [5, 5.41) is 8.16. The van der Waals surface area contributed by atoms with Gasteiger partial charge in [0, 0.05) is 5.54 Å². The van der Waals surface area contributed by atoms with Crippen LogP contribution in [0.15, 0.2) is 18.2 Å². The predicted octanol–water partition coefficient (Wildman–Crippen LogP) is 3.36. The van der Waals surface area contributed by atoms with E-state index in [1.54, 1.807) is 0 Å². The average Bonchev–Trinajstić information content (AvgIpc) is 2.41. The fourth-order valence-corrected chi connectivity index (χ4v) is 3.64. The van der Waals surface area contributed by atoms with E-state index >= 15 is 0 Å². The third kappa shape index (κ3) is 2.24. The number of hydrogen-bond donors (Lipinski definition) is 2. The Morgan fingerprint density at radius 1 is 1.21 bits per heavy atom. The standard InChI is InChI=1S/C15H22ClN3/c1-19(2)14-17-13-11(7-6-8-12(13)16)15(18-14)9-4-3-5-10-15/h6-8,14,17-18H,3-5,9-10H2,1-2H3. The van der Waals surface area contributed by atoms with E-state index in [0.717, 1.165) is 10.7 Å². The second-order valence-corrected chi connectivity index (χ2v) is 6.37. The minimum Gasteiger partial charge on any atom is -0.356 e. The van der Waals surface area contributed by atoms with E-state index in [-0.39, 0.29) is 11.8 Å². The number of anilines is 1. The van der Waals surface area contributed by atoms with Crippen molar-refractivity contribution in [2.24, 2.45) is 0 Å². The molecule has 1 aliphatic heterocycles. The molecule has 104 valence electrons. The summed E-state index contributed by atoms with van der Waals surface area (Å²) in [6.07, 6.45) is 6.47. The van der Waals surface area contributed by atoms with Crippen molar-refractivity contribution in [3.05, 3.63) is 28.8 Å². The summed E-state index contributed by atoms with van der Waals surface area (Å²) in [7, 11) is 4.17. The Balaban J connectivity index is 2.07. The van der Waals surface area contributed by atoms with Crippen molar-refractivity contribution < 1.29 is 0 Å². The Hall–Kier alpha value is -0.770. The number of hydrogen-bond acceptors (Lipinski definition) is 3. The number of nitrogens with one attached hydrogen (secondary N) is 2. The highest BCUT2D eigenvalue weighted by Crippen LogP contribution is 2.45. The van der Waals surface area contributed by atoms with Gasteiger partial charge in [-0.05, 0) is 38.6 Å². The summed E-state index contributed by atoms with van der Waals surface area (Å²) >= 11 is 6.41. The summed E-state index contributed by atoms with van der Waals surface area (Å²) in [5.74, 6) is 0. The first kappa shape index (κ1) is 13.2. The van der Waals surface area contributed by atoms with Gasteiger partial charge in [-0.25, -0.2) is 0 Å². The third-order valence-corrected chi connectivity index (χ3v) is 4.76. The number of nitrogens with zero attached hydrogens (tertiary/aromatic N) is 1. The Morgan fingerprint density at radius 2 is 1.95 bits per heavy atom. The molecule has 1 fully saturated rings. The number of fused-ring (bicyclic) bond motifs is 2. The van der Waals surface area contributed by atoms with Crippen LogP contribution in [0.1, 0.15) is 37.7 Å². The number of halogens is 1. The molecule has 1 saturated carbocycles. The summed E-state index contributed by atoms with van der Waals surface area (Å²) < 4.78 is 0. The molecule has 0 radical (unpaired) electrons. The predicted molar refractivity (Wildman–Crippen MR) is 80.4 cm³/mol. The zero-order valence-electron chi connectivity index (χ0n) is 11.7. The van der Waals surface area contributed by atoms with Crippen LogP contribution in [0.25, 0.3) is 0 Å². The van der Waals surface area contributed by atoms with E-state index in [1.807, 2.05) is 6.07 Å². The molecular weight excluding hydrogens is 258 g/mol. The van der Waals surface area contributed by atoms with Gasteiger partial charge in [-0.1, -0.05) is 43.0 Å². The highest BCUT2D eigenvalue weighted by Gasteiger charge is 2.41. The van der Waals surface area contributed by atoms with Gasteiger partial charge in [-0.2, -0.15) is 0 Å². The van der Waals surface area contributed by atoms with Gasteiger partial charge >= 0.3 is 0 Å². The van der Waals surface area contributed by atoms with Crippen LogP contribution in [-0.2, 0) is 5.54 Å². The molecule has 2 aliphatic rings. The molecular formula is C15H22ClN3. The van der Waals surface area contributed by atoms with Crippen LogP contribution in [0, 0.1) is 0 Å². The molecule has 4 heteroatoms. The van der Waals surface area contributed by atoms with Crippen molar-refractivity contribution in [2.45, 2.75) is 43.9 Å². The smallest absolute Gasteiger partial charge is 0.135 e. The minimum absolute atomic E-state index is 0.0959. The number of benzene rings is 1. The maximum absolute atomic E-state index is 6.41. The molecule has 3 rings (SSSR count). The second-order valence-electron chi connectivity index (χ2n) is 5.96. The Labute approximate surface area is 120 Å². The lowest BCUT2D eigenvalue weighted by atomic mass is 9.75. The quantitative estimate of drug-likeness (QED) is 0.825. The van der Waals surface area contributed by atoms with Gasteiger partial charge < -0.3 is 5.32 Å². The number of para-hydroxylation sites is 1. The molecule has 0 aromatic heterocycles. The zero-order chi connectivity index (χ0) is 13.5. The molecule has 3 nitrogen and oxygen atoms in total. The third-order valence-electron chi connectivity index (χ3n) is 4.45. The lowest BCUT2D eigenvalue weighted by Crippen LogP contribution is -2.60. The van der Waals surface area contributed by atoms with Crippen LogP contribution in [0.3, 0.4) is 0 Å². The Morgan fingerprint density at radius 3 is 2.63 bits per heavy atom. The molecule has 1 aromatic rings. The Bertz CT molecular complexity index is 466. The van der Waals surface area contributed by atoms with Gasteiger partial charge in [0.25, 0.3) is 0 Å². The van der Waals surface area contributed by atoms with Crippen molar-refractivity contribution in [2.75, 3.05) is 19.4 Å². The maximum atomic E-state index is 6.41. The van der Waals surface area contributed by atoms with Gasteiger partial charge in [0.2, 0.25) is 0 Å². The topological polar surface area (TPSA) is 27.3 Å². The normalized spacial score (nSPS) is 25.2. The molecule has 1 heterocycles. The molecule has 1 atom stereocenters. The second kappa shape index (κ2) is 4.97. The lowest BCUT2D eigenvalue weighted by molar-refractivity contribution is 0.143. The molecule has 0 amide bonds. The molecule has 1 unspecified atom stereocenters. The van der Waals surface area contributed by atoms with Crippen LogP contribution in [0.2, 0.25) is 5.02 Å². The van der Waals surface area contributed by atoms with E-state index in [9.17, 15) is 0 Å². The van der Waals surface area contributed by atoms with E-state index in [4.69, 9.17) is 11.6 Å². The fraction of sp³-hybridized carbons (Fsp3) is 0.600. The van der Waals surface area contributed by atoms with E-state index in [1.165, 1.54) is 37.7 Å². The van der Waals surface area contributed by atoms with Crippen LogP contribution in [0.5, 0.6) is 0 Å². The first-order valence-electron chi connectivity index (χ1n) is 7.12. The SMILES string of the molecule is CN(C)C1Nc2c(Cl)cccc2C2(CCCCC2)N1. The average molecular weight is 280 g/mol. The van der Waals surface area contributed by atoms with Crippen molar-refractivity contribution >= 4 is 17.3 Å². The van der Waals surface area contributed by atoms with Gasteiger partial charge in [0.15, 0.2) is 0 Å². The minimum atomic E-state index is 0.0959. The van der Waals surface area contributed by atoms with E-state index < -0.39 is 0 Å². The molecule has 0 saturated heterocycles. The van der Waals surface area contributed by atoms with E-state index in [0.29, 0.717) is 0 Å². The van der Waals surface area contributed by atoms with Crippen LogP contribution >= 0.6 is 11.6 Å². The van der Waals surface area contributed by atoms with Crippen molar-refractivity contribution in [3.8, 4) is 0 Å². The summed E-state index contributed by atoms with van der Waals surface area (Å²) in [4.78, 5) is 2.17. The molecule has 1 spiro atoms. The molecule has 19 heavy (non-hydrogen) atoms. The molecule has 0 bridgehead atoms. The maximum Gasteiger partial charge on any atom is 0.135 e. The summed E-state index contributed by atoms with van der Waals surface area (Å²) in [6, 6.07) is 6.26. The molecule has 1 aliphatic carbocycles. The fourth-order valence-electron chi connectivity index (χ4n) is 3.41. The summed E-state index contributed by atoms with van der Waals surface area (Å²) in [6.45, 7) is 0. The lowest BCUT2D eigenvalue weighted by Gasteiger charge is -2.48. The van der Waals surface area contributed by atoms with Crippen molar-refractivity contribution in [1.29, 1.82) is 0 Å². The molecule has 2 N–H and O–H groups in total. The van der Waals surface area contributed by atoms with Gasteiger partial charge in [-0.3, -0.25) is 10.2 Å². The van der Waals surface area contributed by atoms with E-state index in [2.05, 4.69) is 41.8 Å². The van der Waals surface area contributed by atoms with Crippen molar-refractivity contribution in [3.63, 3.8) is 0 Å². The highest BCUT2D eigenvalue weighted by atomic mass is 35.5. The Kier molecular flexibility index (Phi) is 3.46. The first-order valence-corrected chi connectivity index (χ1v) is 7.50. The van der Waals surface area contributed by atoms with Crippen LogP contribution in [0.4, 0.5) is 5.69 Å². The van der Waals surface area contributed by atoms with Crippen LogP contribution in [-0.4, -0.2) is 25.3 Å². The largest absolute Gasteiger partial charge is 0.356 e. The summed E-state index contributed by atoms with van der Waals surface area (Å²) in [5.41, 5.74) is 2.56. The number of rotatable bonds is 1. The van der Waals surface area contributed by atoms with Crippen molar-refractivity contribution in [1.82, 2.24) is 10.2 Å². The van der Waals surface area contributed by atoms with Gasteiger partial charge in [0.05, 0.1) is 10.7 Å². The van der Waals surface area contributed by atoms with Gasteiger partial charge in [0.1, 0.15) is 6.29 Å². The highest BCUT2D eigenvalue weighted by molar-refractivity contribution is 6.33. The first-order chi connectivity index (χ1) is 9.12. The monoisotopic (exact) mass is 279 g/mol. The molecule has 1 aromatic carbocycles.